The molecule has 1 aromatic carbocycles. The van der Waals surface area contributed by atoms with Crippen LogP contribution in [0.5, 0.6) is 11.5 Å². The average Bonchev–Trinajstić information content (AvgIpc) is 3.46. The van der Waals surface area contributed by atoms with Crippen LogP contribution in [0.4, 0.5) is 5.82 Å². The molecule has 2 heterocycles. The standard InChI is InChI=1S/C18H19N7O7/c1-30-12-4-3-11(9-13(12)31-2)16(26)19-6-7-20-17(27)18-21-14(23-32-18)10-24-8-5-15(22-24)25(28)29/h3-5,8-9H,6-7,10H2,1-2H3,(H,19,26)(H,20,27). The van der Waals surface area contributed by atoms with Crippen molar-refractivity contribution in [2.45, 2.75) is 6.54 Å². The number of carbonyl (C=O) groups excluding carboxylic acids is 2. The number of nitrogens with zero attached hydrogens (tertiary/aromatic N) is 5. The van der Waals surface area contributed by atoms with E-state index in [2.05, 4.69) is 25.9 Å². The van der Waals surface area contributed by atoms with Crippen molar-refractivity contribution in [2.24, 2.45) is 0 Å². The Kier molecular flexibility index (Phi) is 6.95. The predicted octanol–water partition coefficient (Wildman–Crippen LogP) is 0.400. The Labute approximate surface area is 180 Å². The monoisotopic (exact) mass is 445 g/mol. The van der Waals surface area contributed by atoms with E-state index < -0.39 is 10.8 Å². The van der Waals surface area contributed by atoms with Gasteiger partial charge in [0.15, 0.2) is 17.3 Å². The first-order valence-corrected chi connectivity index (χ1v) is 9.20. The van der Waals surface area contributed by atoms with Crippen LogP contribution in [0.2, 0.25) is 0 Å². The topological polar surface area (TPSA) is 177 Å². The van der Waals surface area contributed by atoms with Crippen molar-refractivity contribution in [2.75, 3.05) is 27.3 Å². The number of hydrogen-bond donors (Lipinski definition) is 2. The number of aromatic nitrogens is 4. The third kappa shape index (κ3) is 5.35. The Morgan fingerprint density at radius 3 is 2.50 bits per heavy atom. The molecule has 0 unspecified atom stereocenters. The fraction of sp³-hybridized carbons (Fsp3) is 0.278. The Morgan fingerprint density at radius 2 is 1.84 bits per heavy atom. The van der Waals surface area contributed by atoms with Gasteiger partial charge in [-0.2, -0.15) is 9.67 Å². The van der Waals surface area contributed by atoms with E-state index in [1.54, 1.807) is 18.2 Å². The summed E-state index contributed by atoms with van der Waals surface area (Å²) in [5.74, 6) is -0.542. The molecule has 14 nitrogen and oxygen atoms in total. The van der Waals surface area contributed by atoms with Crippen LogP contribution < -0.4 is 20.1 Å². The number of amides is 2. The Balaban J connectivity index is 1.46. The molecule has 32 heavy (non-hydrogen) atoms. The molecule has 0 spiro atoms. The van der Waals surface area contributed by atoms with Crippen molar-refractivity contribution in [1.82, 2.24) is 30.6 Å². The highest BCUT2D eigenvalue weighted by Gasteiger charge is 2.18. The van der Waals surface area contributed by atoms with Gasteiger partial charge in [0, 0.05) is 18.7 Å². The molecule has 2 N–H and O–H groups in total. The van der Waals surface area contributed by atoms with E-state index in [0.717, 1.165) is 0 Å². The number of ether oxygens (including phenoxy) is 2. The van der Waals surface area contributed by atoms with Gasteiger partial charge < -0.3 is 34.7 Å². The fourth-order valence-electron chi connectivity index (χ4n) is 2.60. The number of nitro groups is 1. The molecule has 0 bridgehead atoms. The van der Waals surface area contributed by atoms with Gasteiger partial charge in [-0.1, -0.05) is 5.16 Å². The molecule has 0 saturated carbocycles. The van der Waals surface area contributed by atoms with Gasteiger partial charge in [0.2, 0.25) is 0 Å². The van der Waals surface area contributed by atoms with Crippen molar-refractivity contribution in [3.05, 3.63) is 57.9 Å². The van der Waals surface area contributed by atoms with Crippen LogP contribution in [0.1, 0.15) is 26.9 Å². The van der Waals surface area contributed by atoms with Crippen molar-refractivity contribution >= 4 is 17.6 Å². The zero-order valence-electron chi connectivity index (χ0n) is 17.1. The second-order valence-electron chi connectivity index (χ2n) is 6.23. The predicted molar refractivity (Wildman–Crippen MR) is 106 cm³/mol. The minimum absolute atomic E-state index is 0.00794. The number of nitrogens with one attached hydrogen (secondary N) is 2. The summed E-state index contributed by atoms with van der Waals surface area (Å²) in [5.41, 5.74) is 0.370. The molecule has 14 heteroatoms. The first-order valence-electron chi connectivity index (χ1n) is 9.20. The van der Waals surface area contributed by atoms with Crippen LogP contribution in [0.15, 0.2) is 35.0 Å². The number of methoxy groups -OCH3 is 2. The average molecular weight is 445 g/mol. The summed E-state index contributed by atoms with van der Waals surface area (Å²) in [7, 11) is 2.97. The lowest BCUT2D eigenvalue weighted by molar-refractivity contribution is -0.389. The number of hydrogen-bond acceptors (Lipinski definition) is 10. The molecule has 2 aromatic heterocycles. The highest BCUT2D eigenvalue weighted by Crippen LogP contribution is 2.27. The summed E-state index contributed by atoms with van der Waals surface area (Å²) in [6.45, 7) is 0.254. The molecule has 0 atom stereocenters. The first-order chi connectivity index (χ1) is 15.4. The lowest BCUT2D eigenvalue weighted by atomic mass is 10.2. The molecule has 168 valence electrons. The van der Waals surface area contributed by atoms with Crippen LogP contribution in [-0.4, -0.2) is 64.0 Å². The van der Waals surface area contributed by atoms with E-state index in [1.807, 2.05) is 0 Å². The van der Waals surface area contributed by atoms with Crippen LogP contribution in [-0.2, 0) is 6.54 Å². The van der Waals surface area contributed by atoms with Gasteiger partial charge in [0.1, 0.15) is 6.54 Å². The third-order valence-corrected chi connectivity index (χ3v) is 4.12. The maximum absolute atomic E-state index is 12.2. The maximum atomic E-state index is 12.2. The second kappa shape index (κ2) is 10.0. The fourth-order valence-corrected chi connectivity index (χ4v) is 2.60. The van der Waals surface area contributed by atoms with Gasteiger partial charge in [0.05, 0.1) is 31.6 Å². The summed E-state index contributed by atoms with van der Waals surface area (Å²) in [6.07, 6.45) is 1.38. The first kappa shape index (κ1) is 22.2. The van der Waals surface area contributed by atoms with E-state index in [1.165, 1.54) is 31.2 Å². The summed E-state index contributed by atoms with van der Waals surface area (Å²) in [4.78, 5) is 38.3. The molecule has 0 fully saturated rings. The van der Waals surface area contributed by atoms with Crippen molar-refractivity contribution < 1.29 is 28.5 Å². The van der Waals surface area contributed by atoms with Gasteiger partial charge in [-0.15, -0.1) is 0 Å². The molecule has 0 radical (unpaired) electrons. The Hall–Kier alpha value is -4.49. The van der Waals surface area contributed by atoms with Crippen molar-refractivity contribution in [1.29, 1.82) is 0 Å². The SMILES string of the molecule is COc1ccc(C(=O)NCCNC(=O)c2nc(Cn3ccc([N+](=O)[O-])n3)no2)cc1OC. The molecular weight excluding hydrogens is 426 g/mol. The summed E-state index contributed by atoms with van der Waals surface area (Å²) in [6, 6.07) is 5.97. The zero-order chi connectivity index (χ0) is 23.1. The summed E-state index contributed by atoms with van der Waals surface area (Å²) >= 11 is 0. The van der Waals surface area contributed by atoms with Crippen molar-refractivity contribution in [3.8, 4) is 11.5 Å². The largest absolute Gasteiger partial charge is 0.493 e. The zero-order valence-corrected chi connectivity index (χ0v) is 17.1. The van der Waals surface area contributed by atoms with Crippen LogP contribution in [0, 0.1) is 10.1 Å². The minimum Gasteiger partial charge on any atom is -0.493 e. The van der Waals surface area contributed by atoms with Crippen molar-refractivity contribution in [3.63, 3.8) is 0 Å². The quantitative estimate of drug-likeness (QED) is 0.252. The van der Waals surface area contributed by atoms with Crippen LogP contribution in [0.25, 0.3) is 0 Å². The van der Waals surface area contributed by atoms with E-state index in [9.17, 15) is 19.7 Å². The summed E-state index contributed by atoms with van der Waals surface area (Å²) in [5, 5.41) is 23.2. The number of carbonyl (C=O) groups is 2. The van der Waals surface area contributed by atoms with Crippen LogP contribution >= 0.6 is 0 Å². The van der Waals surface area contributed by atoms with Gasteiger partial charge in [-0.05, 0) is 23.1 Å². The lowest BCUT2D eigenvalue weighted by Gasteiger charge is -2.10. The van der Waals surface area contributed by atoms with Gasteiger partial charge in [0.25, 0.3) is 5.91 Å². The Bertz CT molecular complexity index is 1120. The van der Waals surface area contributed by atoms with E-state index in [0.29, 0.717) is 17.1 Å². The number of rotatable bonds is 10. The Morgan fingerprint density at radius 1 is 1.12 bits per heavy atom. The molecule has 0 saturated heterocycles. The van der Waals surface area contributed by atoms with E-state index in [4.69, 9.17) is 14.0 Å². The van der Waals surface area contributed by atoms with E-state index in [-0.39, 0.29) is 43.1 Å². The molecular formula is C18H19N7O7. The maximum Gasteiger partial charge on any atom is 0.389 e. The minimum atomic E-state index is -0.629. The normalized spacial score (nSPS) is 10.4. The second-order valence-corrected chi connectivity index (χ2v) is 6.23. The molecule has 0 aliphatic carbocycles. The summed E-state index contributed by atoms with van der Waals surface area (Å²) < 4.78 is 16.4. The smallest absolute Gasteiger partial charge is 0.389 e. The van der Waals surface area contributed by atoms with Gasteiger partial charge >= 0.3 is 17.6 Å². The van der Waals surface area contributed by atoms with Gasteiger partial charge in [-0.25, -0.2) is 0 Å². The highest BCUT2D eigenvalue weighted by atomic mass is 16.6. The molecule has 0 aliphatic heterocycles. The third-order valence-electron chi connectivity index (χ3n) is 4.12. The molecule has 3 rings (SSSR count). The molecule has 0 aliphatic rings. The lowest BCUT2D eigenvalue weighted by Crippen LogP contribution is -2.34. The van der Waals surface area contributed by atoms with Gasteiger partial charge in [-0.3, -0.25) is 9.59 Å². The molecule has 2 amide bonds. The number of benzene rings is 1. The highest BCUT2D eigenvalue weighted by molar-refractivity contribution is 5.95. The van der Waals surface area contributed by atoms with Crippen LogP contribution in [0.3, 0.4) is 0 Å². The molecule has 3 aromatic rings. The van der Waals surface area contributed by atoms with E-state index >= 15 is 0 Å².